The number of hydrogen-bond donors (Lipinski definition) is 4. The van der Waals surface area contributed by atoms with Crippen LogP contribution in [0.25, 0.3) is 10.9 Å². The molecule has 3 rings (SSSR count). The standard InChI is InChI=1S/C23H23N3O5/c1-2-15-11-16(8-9-19(15)27)26-23-17-12-21(20(28)13-18(17)24-14-25-23)31-10-6-4-3-5-7-22(29)30/h1,8-9,11-14,27-28H,3-7,10H2,(H,29,30)(H,24,25,26). The SMILES string of the molecule is C#Cc1cc(Nc2ncnc3cc(O)c(OCCCCCCC(=O)O)cc23)ccc1O. The number of aromatic nitrogens is 2. The molecule has 160 valence electrons. The number of hydrogen-bond acceptors (Lipinski definition) is 7. The van der Waals surface area contributed by atoms with E-state index >= 15 is 0 Å². The Kier molecular flexibility index (Phi) is 7.12. The van der Waals surface area contributed by atoms with Crippen LogP contribution in [0.3, 0.4) is 0 Å². The second kappa shape index (κ2) is 10.2. The third-order valence-corrected chi connectivity index (χ3v) is 4.67. The van der Waals surface area contributed by atoms with Crippen LogP contribution in [-0.2, 0) is 4.79 Å². The highest BCUT2D eigenvalue weighted by Crippen LogP contribution is 2.34. The topological polar surface area (TPSA) is 125 Å². The van der Waals surface area contributed by atoms with Crippen LogP contribution in [0.4, 0.5) is 11.5 Å². The molecule has 0 unspecified atom stereocenters. The lowest BCUT2D eigenvalue weighted by atomic mass is 10.1. The number of benzene rings is 2. The third kappa shape index (κ3) is 5.76. The highest BCUT2D eigenvalue weighted by atomic mass is 16.5. The number of phenols is 2. The van der Waals surface area contributed by atoms with Crippen LogP contribution < -0.4 is 10.1 Å². The molecule has 0 atom stereocenters. The molecule has 0 spiro atoms. The summed E-state index contributed by atoms with van der Waals surface area (Å²) < 4.78 is 5.72. The molecule has 2 aromatic carbocycles. The van der Waals surface area contributed by atoms with Gasteiger partial charge in [0.2, 0.25) is 0 Å². The van der Waals surface area contributed by atoms with Crippen LogP contribution in [0, 0.1) is 12.3 Å². The molecule has 0 amide bonds. The van der Waals surface area contributed by atoms with Gasteiger partial charge < -0.3 is 25.4 Å². The first-order valence-corrected chi connectivity index (χ1v) is 9.87. The van der Waals surface area contributed by atoms with E-state index in [1.165, 1.54) is 18.5 Å². The molecule has 0 aliphatic rings. The third-order valence-electron chi connectivity index (χ3n) is 4.67. The lowest BCUT2D eigenvalue weighted by Crippen LogP contribution is -2.00. The van der Waals surface area contributed by atoms with Crippen molar-refractivity contribution in [1.29, 1.82) is 0 Å². The Balaban J connectivity index is 1.71. The average molecular weight is 421 g/mol. The van der Waals surface area contributed by atoms with Crippen LogP contribution in [0.2, 0.25) is 0 Å². The number of carbonyl (C=O) groups is 1. The Bertz CT molecular complexity index is 1120. The van der Waals surface area contributed by atoms with E-state index in [4.69, 9.17) is 16.3 Å². The maximum absolute atomic E-state index is 10.5. The minimum atomic E-state index is -0.785. The summed E-state index contributed by atoms with van der Waals surface area (Å²) in [6, 6.07) is 7.98. The average Bonchev–Trinajstić information content (AvgIpc) is 2.74. The van der Waals surface area contributed by atoms with E-state index in [0.29, 0.717) is 46.7 Å². The first-order valence-electron chi connectivity index (χ1n) is 9.87. The predicted octanol–water partition coefficient (Wildman–Crippen LogP) is 4.18. The summed E-state index contributed by atoms with van der Waals surface area (Å²) in [4.78, 5) is 19.0. The zero-order valence-electron chi connectivity index (χ0n) is 16.8. The smallest absolute Gasteiger partial charge is 0.303 e. The number of aliphatic carboxylic acids is 1. The Hall–Kier alpha value is -3.99. The van der Waals surface area contributed by atoms with Crippen molar-refractivity contribution >= 4 is 28.4 Å². The fourth-order valence-corrected chi connectivity index (χ4v) is 3.07. The zero-order valence-corrected chi connectivity index (χ0v) is 16.8. The molecule has 0 aliphatic carbocycles. The van der Waals surface area contributed by atoms with E-state index in [9.17, 15) is 15.0 Å². The van der Waals surface area contributed by atoms with Crippen molar-refractivity contribution in [3.05, 3.63) is 42.2 Å². The van der Waals surface area contributed by atoms with Gasteiger partial charge in [0.05, 0.1) is 17.7 Å². The van der Waals surface area contributed by atoms with Crippen molar-refractivity contribution in [2.24, 2.45) is 0 Å². The van der Waals surface area contributed by atoms with Gasteiger partial charge in [-0.15, -0.1) is 6.42 Å². The highest BCUT2D eigenvalue weighted by Gasteiger charge is 2.11. The van der Waals surface area contributed by atoms with Gasteiger partial charge in [0.25, 0.3) is 0 Å². The van der Waals surface area contributed by atoms with Gasteiger partial charge in [0.1, 0.15) is 17.9 Å². The highest BCUT2D eigenvalue weighted by molar-refractivity contribution is 5.93. The van der Waals surface area contributed by atoms with Crippen molar-refractivity contribution in [2.75, 3.05) is 11.9 Å². The first-order chi connectivity index (χ1) is 15.0. The van der Waals surface area contributed by atoms with Crippen LogP contribution >= 0.6 is 0 Å². The zero-order chi connectivity index (χ0) is 22.2. The molecule has 3 aromatic rings. The molecule has 0 saturated carbocycles. The van der Waals surface area contributed by atoms with E-state index in [1.807, 2.05) is 0 Å². The second-order valence-corrected chi connectivity index (χ2v) is 6.97. The van der Waals surface area contributed by atoms with Gasteiger partial charge in [0, 0.05) is 23.6 Å². The van der Waals surface area contributed by atoms with Crippen molar-refractivity contribution in [3.63, 3.8) is 0 Å². The van der Waals surface area contributed by atoms with Crippen LogP contribution in [0.5, 0.6) is 17.2 Å². The minimum Gasteiger partial charge on any atom is -0.507 e. The van der Waals surface area contributed by atoms with E-state index < -0.39 is 5.97 Å². The molecular weight excluding hydrogens is 398 g/mol. The number of terminal acetylenes is 1. The van der Waals surface area contributed by atoms with Gasteiger partial charge in [0.15, 0.2) is 11.5 Å². The quantitative estimate of drug-likeness (QED) is 0.218. The van der Waals surface area contributed by atoms with Gasteiger partial charge in [-0.2, -0.15) is 0 Å². The van der Waals surface area contributed by atoms with Gasteiger partial charge in [-0.05, 0) is 37.1 Å². The number of aromatic hydroxyl groups is 2. The summed E-state index contributed by atoms with van der Waals surface area (Å²) in [7, 11) is 0. The predicted molar refractivity (Wildman–Crippen MR) is 117 cm³/mol. The Labute approximate surface area is 179 Å². The summed E-state index contributed by atoms with van der Waals surface area (Å²) >= 11 is 0. The summed E-state index contributed by atoms with van der Waals surface area (Å²) in [6.07, 6.45) is 10.00. The lowest BCUT2D eigenvalue weighted by Gasteiger charge is -2.12. The van der Waals surface area contributed by atoms with E-state index in [-0.39, 0.29) is 17.9 Å². The van der Waals surface area contributed by atoms with Crippen LogP contribution in [0.1, 0.15) is 37.7 Å². The number of ether oxygens (including phenoxy) is 1. The number of nitrogens with zero attached hydrogens (tertiary/aromatic N) is 2. The van der Waals surface area contributed by atoms with E-state index in [0.717, 1.165) is 19.3 Å². The number of rotatable bonds is 10. The fraction of sp³-hybridized carbons (Fsp3) is 0.261. The van der Waals surface area contributed by atoms with Gasteiger partial charge in [-0.1, -0.05) is 18.8 Å². The Morgan fingerprint density at radius 3 is 2.65 bits per heavy atom. The lowest BCUT2D eigenvalue weighted by molar-refractivity contribution is -0.137. The molecule has 0 aliphatic heterocycles. The number of nitrogens with one attached hydrogen (secondary N) is 1. The van der Waals surface area contributed by atoms with Gasteiger partial charge in [-0.3, -0.25) is 4.79 Å². The number of unbranched alkanes of at least 4 members (excludes halogenated alkanes) is 3. The normalized spacial score (nSPS) is 10.5. The van der Waals surface area contributed by atoms with Crippen LogP contribution in [-0.4, -0.2) is 37.9 Å². The van der Waals surface area contributed by atoms with Crippen molar-refractivity contribution in [1.82, 2.24) is 9.97 Å². The van der Waals surface area contributed by atoms with Crippen LogP contribution in [0.15, 0.2) is 36.7 Å². The molecule has 31 heavy (non-hydrogen) atoms. The minimum absolute atomic E-state index is 0.0177. The number of carboxylic acids is 1. The number of anilines is 2. The molecule has 1 aromatic heterocycles. The molecular formula is C23H23N3O5. The Morgan fingerprint density at radius 1 is 1.06 bits per heavy atom. The first kappa shape index (κ1) is 21.7. The van der Waals surface area contributed by atoms with Gasteiger partial charge >= 0.3 is 5.97 Å². The molecule has 8 heteroatoms. The fourth-order valence-electron chi connectivity index (χ4n) is 3.07. The molecule has 4 N–H and O–H groups in total. The van der Waals surface area contributed by atoms with E-state index in [2.05, 4.69) is 21.2 Å². The summed E-state index contributed by atoms with van der Waals surface area (Å²) in [5, 5.41) is 32.5. The summed E-state index contributed by atoms with van der Waals surface area (Å²) in [6.45, 7) is 0.395. The number of phenolic OH excluding ortho intramolecular Hbond substituents is 2. The number of carboxylic acid groups (broad SMARTS) is 1. The Morgan fingerprint density at radius 2 is 1.87 bits per heavy atom. The van der Waals surface area contributed by atoms with Crippen molar-refractivity contribution in [3.8, 4) is 29.6 Å². The maximum atomic E-state index is 10.5. The van der Waals surface area contributed by atoms with Crippen molar-refractivity contribution < 1.29 is 24.9 Å². The number of fused-ring (bicyclic) bond motifs is 1. The molecule has 1 heterocycles. The monoisotopic (exact) mass is 421 g/mol. The molecule has 0 fully saturated rings. The molecule has 0 radical (unpaired) electrons. The molecule has 0 bridgehead atoms. The van der Waals surface area contributed by atoms with Crippen molar-refractivity contribution in [2.45, 2.75) is 32.1 Å². The largest absolute Gasteiger partial charge is 0.507 e. The summed E-state index contributed by atoms with van der Waals surface area (Å²) in [5.41, 5.74) is 1.53. The van der Waals surface area contributed by atoms with E-state index in [1.54, 1.807) is 18.2 Å². The summed E-state index contributed by atoms with van der Waals surface area (Å²) in [5.74, 6) is 2.43. The second-order valence-electron chi connectivity index (χ2n) is 6.97. The molecule has 0 saturated heterocycles. The maximum Gasteiger partial charge on any atom is 0.303 e. The van der Waals surface area contributed by atoms with Gasteiger partial charge in [-0.25, -0.2) is 9.97 Å². The molecule has 8 nitrogen and oxygen atoms in total.